The molecule has 2 N–H and O–H groups in total. The summed E-state index contributed by atoms with van der Waals surface area (Å²) in [4.78, 5) is 14.4. The van der Waals surface area contributed by atoms with Crippen LogP contribution in [0.15, 0.2) is 42.5 Å². The largest absolute Gasteiger partial charge is 0.303 e. The molecule has 0 saturated carbocycles. The summed E-state index contributed by atoms with van der Waals surface area (Å²) < 4.78 is 0. The number of nitrogens with one attached hydrogen (secondary N) is 1. The molecule has 4 rings (SSSR count). The minimum absolute atomic E-state index is 0.123. The third-order valence-corrected chi connectivity index (χ3v) is 6.52. The van der Waals surface area contributed by atoms with Gasteiger partial charge in [-0.05, 0) is 98.8 Å². The number of amides is 1. The molecule has 0 spiro atoms. The number of fused-ring (bicyclic) bond motifs is 1. The van der Waals surface area contributed by atoms with Gasteiger partial charge in [-0.1, -0.05) is 42.5 Å². The monoisotopic (exact) mass is 392 g/mol. The van der Waals surface area contributed by atoms with Gasteiger partial charge in [0, 0.05) is 5.92 Å². The summed E-state index contributed by atoms with van der Waals surface area (Å²) in [5, 5.41) is 8.93. The molecule has 0 radical (unpaired) electrons. The predicted octanol–water partition coefficient (Wildman–Crippen LogP) is 3.92. The van der Waals surface area contributed by atoms with Gasteiger partial charge >= 0.3 is 0 Å². The summed E-state index contributed by atoms with van der Waals surface area (Å²) in [5.41, 5.74) is 8.49. The minimum Gasteiger partial charge on any atom is -0.303 e. The highest BCUT2D eigenvalue weighted by atomic mass is 16.5. The number of hydrogen-bond acceptors (Lipinski definition) is 3. The van der Waals surface area contributed by atoms with Crippen LogP contribution in [0.25, 0.3) is 0 Å². The maximum Gasteiger partial charge on any atom is 0.246 e. The van der Waals surface area contributed by atoms with Crippen molar-refractivity contribution in [3.05, 3.63) is 70.3 Å². The highest BCUT2D eigenvalue weighted by Crippen LogP contribution is 2.27. The summed E-state index contributed by atoms with van der Waals surface area (Å²) in [5.74, 6) is -0.385. The molecule has 0 aromatic heterocycles. The second-order valence-electron chi connectivity index (χ2n) is 8.67. The summed E-state index contributed by atoms with van der Waals surface area (Å²) in [6.07, 6.45) is 8.45. The van der Waals surface area contributed by atoms with Crippen molar-refractivity contribution in [2.45, 2.75) is 51.4 Å². The fourth-order valence-corrected chi connectivity index (χ4v) is 4.88. The zero-order valence-electron chi connectivity index (χ0n) is 17.2. The van der Waals surface area contributed by atoms with Crippen molar-refractivity contribution in [3.8, 4) is 0 Å². The van der Waals surface area contributed by atoms with Crippen LogP contribution in [-0.2, 0) is 30.5 Å². The number of hydroxylamine groups is 1. The molecule has 2 aromatic rings. The van der Waals surface area contributed by atoms with Crippen LogP contribution in [0, 0.1) is 5.92 Å². The van der Waals surface area contributed by atoms with Crippen molar-refractivity contribution in [2.24, 2.45) is 5.92 Å². The molecule has 2 aromatic carbocycles. The van der Waals surface area contributed by atoms with Crippen molar-refractivity contribution in [3.63, 3.8) is 0 Å². The van der Waals surface area contributed by atoms with E-state index in [1.54, 1.807) is 0 Å². The summed E-state index contributed by atoms with van der Waals surface area (Å²) >= 11 is 0. The highest BCUT2D eigenvalue weighted by Gasteiger charge is 2.24. The van der Waals surface area contributed by atoms with E-state index in [0.717, 1.165) is 25.7 Å². The predicted molar refractivity (Wildman–Crippen MR) is 115 cm³/mol. The summed E-state index contributed by atoms with van der Waals surface area (Å²) in [6, 6.07) is 15.7. The average Bonchev–Trinajstić information content (AvgIpc) is 3.26. The first-order valence-electron chi connectivity index (χ1n) is 11.1. The van der Waals surface area contributed by atoms with E-state index in [2.05, 4.69) is 47.4 Å². The maximum absolute atomic E-state index is 11.8. The van der Waals surface area contributed by atoms with Gasteiger partial charge in [0.2, 0.25) is 5.91 Å². The van der Waals surface area contributed by atoms with Crippen LogP contribution in [0.3, 0.4) is 0 Å². The first kappa shape index (κ1) is 20.1. The minimum atomic E-state index is -0.261. The van der Waals surface area contributed by atoms with Gasteiger partial charge < -0.3 is 4.90 Å². The molecule has 1 heterocycles. The molecule has 2 aliphatic rings. The van der Waals surface area contributed by atoms with E-state index in [4.69, 9.17) is 5.21 Å². The van der Waals surface area contributed by atoms with Crippen molar-refractivity contribution in [1.82, 2.24) is 10.4 Å². The number of aryl methyl sites for hydroxylation is 2. The van der Waals surface area contributed by atoms with Gasteiger partial charge in [0.15, 0.2) is 0 Å². The second-order valence-corrected chi connectivity index (χ2v) is 8.67. The standard InChI is InChI=1S/C25H32N2O2/c28-25(26-29)23-11-10-22-9-8-21(17-24(22)18-23)16-20-6-3-5-19(15-20)7-4-14-27-12-1-2-13-27/h3,5-6,8-9,15,17,23,29H,1-2,4,7,10-14,16,18H2,(H,26,28). The van der Waals surface area contributed by atoms with Crippen LogP contribution >= 0.6 is 0 Å². The van der Waals surface area contributed by atoms with Gasteiger partial charge in [-0.3, -0.25) is 10.0 Å². The Hall–Kier alpha value is -2.17. The third kappa shape index (κ3) is 5.26. The molecule has 1 unspecified atom stereocenters. The third-order valence-electron chi connectivity index (χ3n) is 6.52. The number of benzene rings is 2. The van der Waals surface area contributed by atoms with Crippen LogP contribution in [0.1, 0.15) is 53.5 Å². The molecular weight excluding hydrogens is 360 g/mol. The number of rotatable bonds is 7. The zero-order chi connectivity index (χ0) is 20.1. The van der Waals surface area contributed by atoms with Crippen molar-refractivity contribution in [1.29, 1.82) is 0 Å². The maximum atomic E-state index is 11.8. The van der Waals surface area contributed by atoms with Crippen LogP contribution in [0.2, 0.25) is 0 Å². The Morgan fingerprint density at radius 2 is 1.83 bits per heavy atom. The van der Waals surface area contributed by atoms with Gasteiger partial charge in [0.05, 0.1) is 0 Å². The van der Waals surface area contributed by atoms with E-state index in [1.807, 2.05) is 5.48 Å². The van der Waals surface area contributed by atoms with Crippen LogP contribution in [0.5, 0.6) is 0 Å². The lowest BCUT2D eigenvalue weighted by Gasteiger charge is -2.23. The Morgan fingerprint density at radius 1 is 1.03 bits per heavy atom. The quantitative estimate of drug-likeness (QED) is 0.555. The SMILES string of the molecule is O=C(NO)C1CCc2ccc(Cc3cccc(CCCN4CCCC4)c3)cc2C1. The first-order chi connectivity index (χ1) is 14.2. The van der Waals surface area contributed by atoms with Gasteiger partial charge in [0.25, 0.3) is 0 Å². The topological polar surface area (TPSA) is 52.6 Å². The normalized spacial score (nSPS) is 19.1. The van der Waals surface area contributed by atoms with Crippen LogP contribution in [0.4, 0.5) is 0 Å². The Bertz CT molecular complexity index is 842. The van der Waals surface area contributed by atoms with Crippen molar-refractivity contribution in [2.75, 3.05) is 19.6 Å². The lowest BCUT2D eigenvalue weighted by atomic mass is 9.82. The Labute approximate surface area is 173 Å². The molecule has 4 nitrogen and oxygen atoms in total. The molecule has 1 aliphatic carbocycles. The van der Waals surface area contributed by atoms with E-state index in [9.17, 15) is 4.79 Å². The van der Waals surface area contributed by atoms with Crippen LogP contribution < -0.4 is 5.48 Å². The average molecular weight is 393 g/mol. The molecule has 1 fully saturated rings. The zero-order valence-corrected chi connectivity index (χ0v) is 17.2. The lowest BCUT2D eigenvalue weighted by Crippen LogP contribution is -2.31. The molecule has 29 heavy (non-hydrogen) atoms. The number of likely N-dealkylation sites (tertiary alicyclic amines) is 1. The number of nitrogens with zero attached hydrogens (tertiary/aromatic N) is 1. The van der Waals surface area contributed by atoms with E-state index in [0.29, 0.717) is 6.42 Å². The van der Waals surface area contributed by atoms with Crippen LogP contribution in [-0.4, -0.2) is 35.6 Å². The van der Waals surface area contributed by atoms with Gasteiger partial charge in [0.1, 0.15) is 0 Å². The van der Waals surface area contributed by atoms with Gasteiger partial charge in [-0.2, -0.15) is 0 Å². The van der Waals surface area contributed by atoms with E-state index >= 15 is 0 Å². The summed E-state index contributed by atoms with van der Waals surface area (Å²) in [7, 11) is 0. The lowest BCUT2D eigenvalue weighted by molar-refractivity contribution is -0.133. The van der Waals surface area contributed by atoms with Gasteiger partial charge in [-0.25, -0.2) is 5.48 Å². The molecule has 1 aliphatic heterocycles. The van der Waals surface area contributed by atoms with Crippen molar-refractivity contribution < 1.29 is 10.0 Å². The molecule has 1 amide bonds. The van der Waals surface area contributed by atoms with E-state index < -0.39 is 0 Å². The Morgan fingerprint density at radius 3 is 2.66 bits per heavy atom. The molecule has 154 valence electrons. The molecular formula is C25H32N2O2. The number of carbonyl (C=O) groups is 1. The van der Waals surface area contributed by atoms with E-state index in [-0.39, 0.29) is 11.8 Å². The molecule has 1 saturated heterocycles. The molecule has 0 bridgehead atoms. The number of hydrogen-bond donors (Lipinski definition) is 2. The van der Waals surface area contributed by atoms with E-state index in [1.165, 1.54) is 66.7 Å². The first-order valence-corrected chi connectivity index (χ1v) is 11.1. The smallest absolute Gasteiger partial charge is 0.246 e. The molecule has 1 atom stereocenters. The number of carbonyl (C=O) groups excluding carboxylic acids is 1. The highest BCUT2D eigenvalue weighted by molar-refractivity contribution is 5.78. The van der Waals surface area contributed by atoms with Gasteiger partial charge in [-0.15, -0.1) is 0 Å². The summed E-state index contributed by atoms with van der Waals surface area (Å²) in [6.45, 7) is 3.77. The van der Waals surface area contributed by atoms with Crippen molar-refractivity contribution >= 4 is 5.91 Å². The Kier molecular flexibility index (Phi) is 6.63. The fraction of sp³-hybridized carbons (Fsp3) is 0.480. The molecule has 4 heteroatoms. The Balaban J connectivity index is 1.37. The fourth-order valence-electron chi connectivity index (χ4n) is 4.88. The second kappa shape index (κ2) is 9.55.